The summed E-state index contributed by atoms with van der Waals surface area (Å²) in [6.07, 6.45) is -0.240. The van der Waals surface area contributed by atoms with Gasteiger partial charge in [0.25, 0.3) is 0 Å². The average molecular weight is 251 g/mol. The Balaban J connectivity index is 2.00. The van der Waals surface area contributed by atoms with Crippen molar-refractivity contribution >= 4 is 16.1 Å². The van der Waals surface area contributed by atoms with Crippen LogP contribution in [0.2, 0.25) is 0 Å². The number of hydrogen-bond donors (Lipinski definition) is 0. The number of carbonyl (C=O) groups excluding carboxylic acids is 1. The Kier molecular flexibility index (Phi) is 2.70. The van der Waals surface area contributed by atoms with Crippen molar-refractivity contribution in [2.45, 2.75) is 18.6 Å². The SMILES string of the molecule is CC1(CN2CC(S(=O)(=O)F)CC2=O)COC1. The number of amides is 1. The first-order valence-electron chi connectivity index (χ1n) is 5.09. The summed E-state index contributed by atoms with van der Waals surface area (Å²) in [5, 5.41) is -1.19. The van der Waals surface area contributed by atoms with Gasteiger partial charge in [0.05, 0.1) is 13.2 Å². The largest absolute Gasteiger partial charge is 0.380 e. The lowest BCUT2D eigenvalue weighted by Gasteiger charge is -2.40. The first kappa shape index (κ1) is 11.8. The highest BCUT2D eigenvalue weighted by Gasteiger charge is 2.43. The van der Waals surface area contributed by atoms with Crippen molar-refractivity contribution in [3.63, 3.8) is 0 Å². The first-order chi connectivity index (χ1) is 7.30. The van der Waals surface area contributed by atoms with Crippen LogP contribution in [0.25, 0.3) is 0 Å². The second-order valence-corrected chi connectivity index (χ2v) is 6.50. The molecule has 7 heteroatoms. The third-order valence-corrected chi connectivity index (χ3v) is 4.16. The zero-order chi connectivity index (χ0) is 12.0. The highest BCUT2D eigenvalue weighted by Crippen LogP contribution is 2.30. The molecule has 1 amide bonds. The van der Waals surface area contributed by atoms with Crippen molar-refractivity contribution in [3.8, 4) is 0 Å². The van der Waals surface area contributed by atoms with Crippen LogP contribution >= 0.6 is 0 Å². The smallest absolute Gasteiger partial charge is 0.307 e. The number of rotatable bonds is 3. The lowest BCUT2D eigenvalue weighted by molar-refractivity contribution is -0.140. The van der Waals surface area contributed by atoms with Crippen LogP contribution in [0.15, 0.2) is 0 Å². The molecule has 2 aliphatic heterocycles. The van der Waals surface area contributed by atoms with Crippen molar-refractivity contribution in [1.29, 1.82) is 0 Å². The predicted molar refractivity (Wildman–Crippen MR) is 53.9 cm³/mol. The van der Waals surface area contributed by atoms with Crippen LogP contribution in [-0.4, -0.2) is 50.8 Å². The topological polar surface area (TPSA) is 63.7 Å². The highest BCUT2D eigenvalue weighted by atomic mass is 32.3. The predicted octanol–water partition coefficient (Wildman–Crippen LogP) is -0.0769. The van der Waals surface area contributed by atoms with E-state index in [4.69, 9.17) is 4.74 Å². The Morgan fingerprint density at radius 2 is 2.19 bits per heavy atom. The van der Waals surface area contributed by atoms with E-state index in [2.05, 4.69) is 0 Å². The van der Waals surface area contributed by atoms with Gasteiger partial charge in [0.15, 0.2) is 0 Å². The molecule has 0 bridgehead atoms. The fourth-order valence-electron chi connectivity index (χ4n) is 2.08. The third kappa shape index (κ3) is 2.20. The minimum absolute atomic E-state index is 0.0345. The number of halogens is 1. The zero-order valence-electron chi connectivity index (χ0n) is 8.98. The van der Waals surface area contributed by atoms with Crippen molar-refractivity contribution in [2.24, 2.45) is 5.41 Å². The number of carbonyl (C=O) groups is 1. The molecule has 5 nitrogen and oxygen atoms in total. The molecule has 0 N–H and O–H groups in total. The summed E-state index contributed by atoms with van der Waals surface area (Å²) in [6.45, 7) is 3.49. The quantitative estimate of drug-likeness (QED) is 0.658. The zero-order valence-corrected chi connectivity index (χ0v) is 9.80. The van der Waals surface area contributed by atoms with E-state index in [9.17, 15) is 17.1 Å². The van der Waals surface area contributed by atoms with Gasteiger partial charge in [0.2, 0.25) is 5.91 Å². The van der Waals surface area contributed by atoms with E-state index in [-0.39, 0.29) is 24.3 Å². The van der Waals surface area contributed by atoms with Gasteiger partial charge in [-0.15, -0.1) is 3.89 Å². The lowest BCUT2D eigenvalue weighted by Crippen LogP contribution is -2.49. The molecule has 0 aromatic rings. The Morgan fingerprint density at radius 1 is 1.56 bits per heavy atom. The molecule has 0 radical (unpaired) electrons. The monoisotopic (exact) mass is 251 g/mol. The van der Waals surface area contributed by atoms with Crippen LogP contribution in [0.4, 0.5) is 3.89 Å². The maximum Gasteiger partial charge on any atom is 0.307 e. The van der Waals surface area contributed by atoms with E-state index in [0.29, 0.717) is 19.8 Å². The summed E-state index contributed by atoms with van der Waals surface area (Å²) in [4.78, 5) is 12.9. The molecule has 0 aromatic heterocycles. The van der Waals surface area contributed by atoms with E-state index >= 15 is 0 Å². The van der Waals surface area contributed by atoms with Crippen LogP contribution in [0.5, 0.6) is 0 Å². The van der Waals surface area contributed by atoms with Gasteiger partial charge >= 0.3 is 10.2 Å². The summed E-state index contributed by atoms with van der Waals surface area (Å²) >= 11 is 0. The molecule has 2 aliphatic rings. The van der Waals surface area contributed by atoms with Gasteiger partial charge in [-0.1, -0.05) is 6.92 Å². The second-order valence-electron chi connectivity index (χ2n) is 4.88. The molecule has 2 rings (SSSR count). The Bertz CT molecular complexity index is 404. The lowest BCUT2D eigenvalue weighted by atomic mass is 9.88. The molecular weight excluding hydrogens is 237 g/mol. The number of nitrogens with zero attached hydrogens (tertiary/aromatic N) is 1. The maximum atomic E-state index is 12.7. The minimum atomic E-state index is -4.61. The molecule has 1 unspecified atom stereocenters. The van der Waals surface area contributed by atoms with Gasteiger partial charge < -0.3 is 9.64 Å². The summed E-state index contributed by atoms with van der Waals surface area (Å²) in [5.41, 5.74) is -0.107. The molecule has 1 atom stereocenters. The number of hydrogen-bond acceptors (Lipinski definition) is 4. The molecular formula is C9H14FNO4S. The van der Waals surface area contributed by atoms with E-state index in [0.717, 1.165) is 0 Å². The Morgan fingerprint density at radius 3 is 2.56 bits per heavy atom. The molecule has 2 heterocycles. The molecule has 92 valence electrons. The molecule has 0 spiro atoms. The van der Waals surface area contributed by atoms with Crippen LogP contribution in [0, 0.1) is 5.41 Å². The summed E-state index contributed by atoms with van der Waals surface area (Å²) in [7, 11) is -4.61. The van der Waals surface area contributed by atoms with E-state index < -0.39 is 15.5 Å². The highest BCUT2D eigenvalue weighted by molar-refractivity contribution is 7.87. The third-order valence-electron chi connectivity index (χ3n) is 3.05. The summed E-state index contributed by atoms with van der Waals surface area (Å²) < 4.78 is 39.2. The second kappa shape index (κ2) is 3.66. The van der Waals surface area contributed by atoms with Gasteiger partial charge in [-0.05, 0) is 0 Å². The molecule has 0 saturated carbocycles. The van der Waals surface area contributed by atoms with Crippen LogP contribution in [0.1, 0.15) is 13.3 Å². The van der Waals surface area contributed by atoms with E-state index in [1.165, 1.54) is 4.90 Å². The minimum Gasteiger partial charge on any atom is -0.380 e. The van der Waals surface area contributed by atoms with Gasteiger partial charge in [-0.3, -0.25) is 4.79 Å². The normalized spacial score (nSPS) is 29.2. The van der Waals surface area contributed by atoms with Gasteiger partial charge in [0.1, 0.15) is 5.25 Å². The van der Waals surface area contributed by atoms with Crippen molar-refractivity contribution < 1.29 is 21.8 Å². The Hall–Kier alpha value is -0.690. The van der Waals surface area contributed by atoms with E-state index in [1.54, 1.807) is 0 Å². The van der Waals surface area contributed by atoms with Crippen molar-refractivity contribution in [2.75, 3.05) is 26.3 Å². The van der Waals surface area contributed by atoms with E-state index in [1.807, 2.05) is 6.92 Å². The molecule has 0 aromatic carbocycles. The summed E-state index contributed by atoms with van der Waals surface area (Å²) in [5.74, 6) is -0.292. The molecule has 2 fully saturated rings. The van der Waals surface area contributed by atoms with Crippen LogP contribution in [-0.2, 0) is 19.8 Å². The summed E-state index contributed by atoms with van der Waals surface area (Å²) in [6, 6.07) is 0. The van der Waals surface area contributed by atoms with Gasteiger partial charge in [-0.25, -0.2) is 0 Å². The van der Waals surface area contributed by atoms with Crippen LogP contribution in [0.3, 0.4) is 0 Å². The van der Waals surface area contributed by atoms with Gasteiger partial charge in [-0.2, -0.15) is 8.42 Å². The van der Waals surface area contributed by atoms with Crippen molar-refractivity contribution in [3.05, 3.63) is 0 Å². The fourth-order valence-corrected chi connectivity index (χ4v) is 2.78. The van der Waals surface area contributed by atoms with Crippen LogP contribution < -0.4 is 0 Å². The Labute approximate surface area is 93.8 Å². The average Bonchev–Trinajstić information content (AvgIpc) is 2.44. The molecule has 2 saturated heterocycles. The molecule has 16 heavy (non-hydrogen) atoms. The van der Waals surface area contributed by atoms with Crippen molar-refractivity contribution in [1.82, 2.24) is 4.90 Å². The number of likely N-dealkylation sites (tertiary alicyclic amines) is 1. The number of ether oxygens (including phenoxy) is 1. The fraction of sp³-hybridized carbons (Fsp3) is 0.889. The molecule has 0 aliphatic carbocycles. The standard InChI is InChI=1S/C9H14FNO4S/c1-9(5-15-6-9)4-11-3-7(2-8(11)12)16(10,13)14/h7H,2-6H2,1H3. The maximum absolute atomic E-state index is 12.7. The first-order valence-corrected chi connectivity index (χ1v) is 6.54. The van der Waals surface area contributed by atoms with Gasteiger partial charge in [0, 0.05) is 24.9 Å².